The zero-order chi connectivity index (χ0) is 8.97. The van der Waals surface area contributed by atoms with Crippen LogP contribution in [-0.2, 0) is 9.53 Å². The Balaban J connectivity index is 2.33. The number of rotatable bonds is 2. The van der Waals surface area contributed by atoms with E-state index >= 15 is 0 Å². The van der Waals surface area contributed by atoms with Crippen LogP contribution < -0.4 is 0 Å². The monoisotopic (exact) mass is 174 g/mol. The van der Waals surface area contributed by atoms with Crippen molar-refractivity contribution in [2.24, 2.45) is 0 Å². The summed E-state index contributed by atoms with van der Waals surface area (Å²) in [4.78, 5) is 10.8. The molecule has 0 spiro atoms. The number of esters is 1. The quantitative estimate of drug-likeness (QED) is 0.600. The van der Waals surface area contributed by atoms with Crippen molar-refractivity contribution >= 4 is 5.97 Å². The van der Waals surface area contributed by atoms with Gasteiger partial charge in [0.15, 0.2) is 0 Å². The number of carbonyl (C=O) groups is 1. The van der Waals surface area contributed by atoms with Gasteiger partial charge in [0, 0.05) is 6.42 Å². The zero-order valence-electron chi connectivity index (χ0n) is 7.38. The van der Waals surface area contributed by atoms with E-state index in [0.29, 0.717) is 19.3 Å². The van der Waals surface area contributed by atoms with Crippen LogP contribution in [0.1, 0.15) is 39.0 Å². The Bertz CT molecular complexity index is 159. The number of halogens is 1. The molecule has 0 radical (unpaired) electrons. The van der Waals surface area contributed by atoms with Crippen LogP contribution in [0.5, 0.6) is 0 Å². The average Bonchev–Trinajstić information content (AvgIpc) is 2.09. The van der Waals surface area contributed by atoms with E-state index in [0.717, 1.165) is 12.8 Å². The van der Waals surface area contributed by atoms with Crippen LogP contribution in [0.2, 0.25) is 0 Å². The molecule has 12 heavy (non-hydrogen) atoms. The van der Waals surface area contributed by atoms with Crippen molar-refractivity contribution in [3.63, 3.8) is 0 Å². The first-order valence-corrected chi connectivity index (χ1v) is 4.57. The van der Waals surface area contributed by atoms with Gasteiger partial charge in [-0.05, 0) is 19.3 Å². The molecule has 0 saturated heterocycles. The van der Waals surface area contributed by atoms with Gasteiger partial charge in [-0.1, -0.05) is 13.3 Å². The lowest BCUT2D eigenvalue weighted by Gasteiger charge is -2.25. The summed E-state index contributed by atoms with van der Waals surface area (Å²) in [6, 6.07) is 0. The third-order valence-corrected chi connectivity index (χ3v) is 2.19. The van der Waals surface area contributed by atoms with E-state index < -0.39 is 12.3 Å². The minimum atomic E-state index is -0.936. The molecular weight excluding hydrogens is 159 g/mol. The summed E-state index contributed by atoms with van der Waals surface area (Å²) in [6.07, 6.45) is 2.06. The second kappa shape index (κ2) is 4.43. The lowest BCUT2D eigenvalue weighted by molar-refractivity contribution is -0.153. The fourth-order valence-corrected chi connectivity index (χ4v) is 1.44. The van der Waals surface area contributed by atoms with Crippen LogP contribution in [0.25, 0.3) is 0 Å². The molecule has 70 valence electrons. The lowest BCUT2D eigenvalue weighted by atomic mass is 9.96. The van der Waals surface area contributed by atoms with E-state index in [9.17, 15) is 9.18 Å². The topological polar surface area (TPSA) is 26.3 Å². The highest BCUT2D eigenvalue weighted by Gasteiger charge is 2.27. The van der Waals surface area contributed by atoms with Gasteiger partial charge in [-0.2, -0.15) is 0 Å². The fourth-order valence-electron chi connectivity index (χ4n) is 1.44. The largest absolute Gasteiger partial charge is 0.459 e. The first-order chi connectivity index (χ1) is 5.74. The Morgan fingerprint density at radius 2 is 2.17 bits per heavy atom. The van der Waals surface area contributed by atoms with Gasteiger partial charge >= 0.3 is 5.97 Å². The summed E-state index contributed by atoms with van der Waals surface area (Å²) < 4.78 is 18.0. The first kappa shape index (κ1) is 9.49. The van der Waals surface area contributed by atoms with Crippen molar-refractivity contribution in [3.05, 3.63) is 0 Å². The Morgan fingerprint density at radius 3 is 2.75 bits per heavy atom. The van der Waals surface area contributed by atoms with Gasteiger partial charge in [-0.3, -0.25) is 4.79 Å². The van der Waals surface area contributed by atoms with Crippen LogP contribution in [-0.4, -0.2) is 18.2 Å². The van der Waals surface area contributed by atoms with Crippen molar-refractivity contribution in [1.29, 1.82) is 0 Å². The van der Waals surface area contributed by atoms with Gasteiger partial charge in [0.1, 0.15) is 12.3 Å². The zero-order valence-corrected chi connectivity index (χ0v) is 7.38. The van der Waals surface area contributed by atoms with Gasteiger partial charge in [-0.15, -0.1) is 0 Å². The third kappa shape index (κ3) is 2.47. The number of hydrogen-bond donors (Lipinski definition) is 0. The van der Waals surface area contributed by atoms with E-state index in [-0.39, 0.29) is 5.97 Å². The van der Waals surface area contributed by atoms with Gasteiger partial charge in [0.2, 0.25) is 0 Å². The summed E-state index contributed by atoms with van der Waals surface area (Å²) >= 11 is 0. The van der Waals surface area contributed by atoms with E-state index in [4.69, 9.17) is 4.74 Å². The molecule has 0 aliphatic heterocycles. The number of ether oxygens (including phenoxy) is 1. The van der Waals surface area contributed by atoms with Crippen molar-refractivity contribution in [3.8, 4) is 0 Å². The molecule has 0 aromatic rings. The molecule has 0 aromatic carbocycles. The number of hydrogen-bond acceptors (Lipinski definition) is 2. The molecule has 3 heteroatoms. The van der Waals surface area contributed by atoms with Crippen LogP contribution >= 0.6 is 0 Å². The van der Waals surface area contributed by atoms with Gasteiger partial charge < -0.3 is 4.74 Å². The number of carbonyl (C=O) groups excluding carboxylic acids is 1. The SMILES string of the molecule is CCC(=O)OC1CCCCC1F. The van der Waals surface area contributed by atoms with Crippen molar-refractivity contribution in [2.45, 2.75) is 51.3 Å². The fraction of sp³-hybridized carbons (Fsp3) is 0.889. The first-order valence-electron chi connectivity index (χ1n) is 4.57. The Labute approximate surface area is 72.1 Å². The Hall–Kier alpha value is -0.600. The maximum atomic E-state index is 13.1. The summed E-state index contributed by atoms with van der Waals surface area (Å²) in [5.41, 5.74) is 0. The van der Waals surface area contributed by atoms with Crippen molar-refractivity contribution in [1.82, 2.24) is 0 Å². The molecule has 1 rings (SSSR count). The van der Waals surface area contributed by atoms with Crippen LogP contribution in [0, 0.1) is 0 Å². The van der Waals surface area contributed by atoms with Gasteiger partial charge in [0.25, 0.3) is 0 Å². The van der Waals surface area contributed by atoms with Crippen LogP contribution in [0.4, 0.5) is 4.39 Å². The summed E-state index contributed by atoms with van der Waals surface area (Å²) in [6.45, 7) is 1.72. The van der Waals surface area contributed by atoms with Crippen molar-refractivity contribution < 1.29 is 13.9 Å². The molecule has 1 aliphatic rings. The second-order valence-corrected chi connectivity index (χ2v) is 3.18. The minimum Gasteiger partial charge on any atom is -0.459 e. The average molecular weight is 174 g/mol. The molecule has 0 aromatic heterocycles. The van der Waals surface area contributed by atoms with E-state index in [1.54, 1.807) is 6.92 Å². The molecule has 1 fully saturated rings. The Morgan fingerprint density at radius 1 is 1.50 bits per heavy atom. The molecule has 0 heterocycles. The van der Waals surface area contributed by atoms with Crippen LogP contribution in [0.15, 0.2) is 0 Å². The summed E-state index contributed by atoms with van der Waals surface area (Å²) in [5.74, 6) is -0.287. The molecular formula is C9H15FO2. The second-order valence-electron chi connectivity index (χ2n) is 3.18. The molecule has 2 unspecified atom stereocenters. The highest BCUT2D eigenvalue weighted by molar-refractivity contribution is 5.69. The van der Waals surface area contributed by atoms with Gasteiger partial charge in [-0.25, -0.2) is 4.39 Å². The normalized spacial score (nSPS) is 29.8. The van der Waals surface area contributed by atoms with E-state index in [1.165, 1.54) is 0 Å². The van der Waals surface area contributed by atoms with E-state index in [1.807, 2.05) is 0 Å². The molecule has 2 nitrogen and oxygen atoms in total. The minimum absolute atomic E-state index is 0.287. The molecule has 1 aliphatic carbocycles. The smallest absolute Gasteiger partial charge is 0.305 e. The molecule has 1 saturated carbocycles. The predicted molar refractivity (Wildman–Crippen MR) is 43.5 cm³/mol. The van der Waals surface area contributed by atoms with E-state index in [2.05, 4.69) is 0 Å². The maximum Gasteiger partial charge on any atom is 0.305 e. The van der Waals surface area contributed by atoms with Gasteiger partial charge in [0.05, 0.1) is 0 Å². The predicted octanol–water partition coefficient (Wildman–Crippen LogP) is 2.22. The standard InChI is InChI=1S/C9H15FO2/c1-2-9(11)12-8-6-4-3-5-7(8)10/h7-8H,2-6H2,1H3. The molecule has 0 bridgehead atoms. The summed E-state index contributed by atoms with van der Waals surface area (Å²) in [7, 11) is 0. The molecule has 0 amide bonds. The highest BCUT2D eigenvalue weighted by atomic mass is 19.1. The van der Waals surface area contributed by atoms with Crippen LogP contribution in [0.3, 0.4) is 0 Å². The van der Waals surface area contributed by atoms with Crippen molar-refractivity contribution in [2.75, 3.05) is 0 Å². The highest BCUT2D eigenvalue weighted by Crippen LogP contribution is 2.23. The molecule has 2 atom stereocenters. The third-order valence-electron chi connectivity index (χ3n) is 2.19. The summed E-state index contributed by atoms with van der Waals surface area (Å²) in [5, 5.41) is 0. The molecule has 0 N–H and O–H groups in total. The maximum absolute atomic E-state index is 13.1. The Kier molecular flexibility index (Phi) is 3.50. The number of alkyl halides is 1. The lowest BCUT2D eigenvalue weighted by Crippen LogP contribution is -2.31.